The molecule has 2 heteroatoms. The molecule has 0 atom stereocenters. The number of rotatable bonds is 2. The number of anilines is 1. The maximum Gasteiger partial charge on any atom is 0.0846 e. The van der Waals surface area contributed by atoms with Gasteiger partial charge in [-0.2, -0.15) is 0 Å². The molecule has 3 aromatic carbocycles. The number of hydrogen-bond acceptors (Lipinski definition) is 2. The fourth-order valence-electron chi connectivity index (χ4n) is 3.40. The fourth-order valence-corrected chi connectivity index (χ4v) is 3.40. The van der Waals surface area contributed by atoms with Gasteiger partial charge in [0.15, 0.2) is 0 Å². The topological polar surface area (TPSA) is 32.3 Å². The standard InChI is InChI=1S/C21H19NO/c1-21(2,23)18-8-4-3-7-16(18)15-11-10-14-6-5-9-19-20(14)17(15)12-13-22-19/h3-13,22-23H,1-2H3. The van der Waals surface area contributed by atoms with Crippen LogP contribution in [0.25, 0.3) is 28.0 Å². The highest BCUT2D eigenvalue weighted by Crippen LogP contribution is 2.40. The third-order valence-corrected chi connectivity index (χ3v) is 4.45. The Hall–Kier alpha value is -2.58. The lowest BCUT2D eigenvalue weighted by Gasteiger charge is -2.24. The Morgan fingerprint density at radius 3 is 2.52 bits per heavy atom. The first-order valence-corrected chi connectivity index (χ1v) is 7.87. The first kappa shape index (κ1) is 14.0. The Kier molecular flexibility index (Phi) is 3.03. The van der Waals surface area contributed by atoms with Crippen molar-refractivity contribution in [3.63, 3.8) is 0 Å². The smallest absolute Gasteiger partial charge is 0.0846 e. The van der Waals surface area contributed by atoms with E-state index in [4.69, 9.17) is 0 Å². The third kappa shape index (κ3) is 2.23. The number of benzene rings is 3. The van der Waals surface area contributed by atoms with E-state index in [1.807, 2.05) is 38.2 Å². The summed E-state index contributed by atoms with van der Waals surface area (Å²) in [6, 6.07) is 18.7. The molecule has 2 nitrogen and oxygen atoms in total. The van der Waals surface area contributed by atoms with Crippen molar-refractivity contribution in [2.45, 2.75) is 19.4 Å². The molecule has 0 saturated heterocycles. The molecule has 0 aromatic heterocycles. The molecule has 1 heterocycles. The Balaban J connectivity index is 2.06. The highest BCUT2D eigenvalue weighted by atomic mass is 16.3. The van der Waals surface area contributed by atoms with Crippen molar-refractivity contribution in [1.29, 1.82) is 0 Å². The van der Waals surface area contributed by atoms with Crippen molar-refractivity contribution in [3.05, 3.63) is 71.9 Å². The van der Waals surface area contributed by atoms with Gasteiger partial charge in [-0.05, 0) is 53.6 Å². The molecule has 0 aliphatic carbocycles. The number of aliphatic hydroxyl groups is 1. The van der Waals surface area contributed by atoms with Gasteiger partial charge in [-0.3, -0.25) is 0 Å². The number of nitrogens with one attached hydrogen (secondary N) is 1. The normalized spacial score (nSPS) is 13.2. The second kappa shape index (κ2) is 4.97. The van der Waals surface area contributed by atoms with Gasteiger partial charge in [-0.15, -0.1) is 0 Å². The second-order valence-corrected chi connectivity index (χ2v) is 6.51. The first-order chi connectivity index (χ1) is 11.1. The molecule has 0 amide bonds. The summed E-state index contributed by atoms with van der Waals surface area (Å²) in [5, 5.41) is 16.3. The highest BCUT2D eigenvalue weighted by Gasteiger charge is 2.22. The van der Waals surface area contributed by atoms with Crippen LogP contribution in [0.2, 0.25) is 0 Å². The van der Waals surface area contributed by atoms with Crippen molar-refractivity contribution in [1.82, 2.24) is 0 Å². The molecule has 0 spiro atoms. The summed E-state index contributed by atoms with van der Waals surface area (Å²) in [6.45, 7) is 3.67. The van der Waals surface area contributed by atoms with Crippen LogP contribution < -0.4 is 5.32 Å². The second-order valence-electron chi connectivity index (χ2n) is 6.51. The molecule has 0 unspecified atom stereocenters. The van der Waals surface area contributed by atoms with Crippen molar-refractivity contribution >= 4 is 22.5 Å². The Labute approximate surface area is 136 Å². The Bertz CT molecular complexity index is 932. The molecule has 114 valence electrons. The predicted octanol–water partition coefficient (Wildman–Crippen LogP) is 5.13. The van der Waals surface area contributed by atoms with E-state index < -0.39 is 5.60 Å². The minimum absolute atomic E-state index is 0.881. The SMILES string of the molecule is CC(C)(O)c1ccccc1-c1ccc2cccc3c2c1C=CN3. The highest BCUT2D eigenvalue weighted by molar-refractivity contribution is 6.06. The molecular weight excluding hydrogens is 282 g/mol. The van der Waals surface area contributed by atoms with Gasteiger partial charge in [0.2, 0.25) is 0 Å². The van der Waals surface area contributed by atoms with Gasteiger partial charge in [0.1, 0.15) is 0 Å². The van der Waals surface area contributed by atoms with Gasteiger partial charge in [0.05, 0.1) is 5.60 Å². The zero-order valence-electron chi connectivity index (χ0n) is 13.3. The van der Waals surface area contributed by atoms with E-state index in [0.29, 0.717) is 0 Å². The Morgan fingerprint density at radius 1 is 0.870 bits per heavy atom. The predicted molar refractivity (Wildman–Crippen MR) is 97.3 cm³/mol. The average molecular weight is 301 g/mol. The van der Waals surface area contributed by atoms with Crippen LogP contribution in [0.4, 0.5) is 5.69 Å². The molecule has 4 rings (SSSR count). The summed E-state index contributed by atoms with van der Waals surface area (Å²) in [6.07, 6.45) is 4.10. The van der Waals surface area contributed by atoms with Crippen LogP contribution in [0.3, 0.4) is 0 Å². The average Bonchev–Trinajstić information content (AvgIpc) is 2.55. The Morgan fingerprint density at radius 2 is 1.70 bits per heavy atom. The van der Waals surface area contributed by atoms with Crippen molar-refractivity contribution in [2.24, 2.45) is 0 Å². The van der Waals surface area contributed by atoms with E-state index in [0.717, 1.165) is 22.4 Å². The molecule has 0 radical (unpaired) electrons. The summed E-state index contributed by atoms with van der Waals surface area (Å²) in [5.74, 6) is 0. The van der Waals surface area contributed by atoms with Crippen LogP contribution >= 0.6 is 0 Å². The molecule has 0 bridgehead atoms. The molecule has 23 heavy (non-hydrogen) atoms. The lowest BCUT2D eigenvalue weighted by Crippen LogP contribution is -2.16. The minimum atomic E-state index is -0.881. The van der Waals surface area contributed by atoms with E-state index >= 15 is 0 Å². The maximum absolute atomic E-state index is 10.5. The minimum Gasteiger partial charge on any atom is -0.386 e. The summed E-state index contributed by atoms with van der Waals surface area (Å²) >= 11 is 0. The molecule has 0 fully saturated rings. The van der Waals surface area contributed by atoms with Crippen molar-refractivity contribution in [3.8, 4) is 11.1 Å². The van der Waals surface area contributed by atoms with Gasteiger partial charge >= 0.3 is 0 Å². The molecule has 1 aliphatic rings. The van der Waals surface area contributed by atoms with Crippen LogP contribution in [0.15, 0.2) is 60.8 Å². The largest absolute Gasteiger partial charge is 0.386 e. The van der Waals surface area contributed by atoms with Crippen molar-refractivity contribution < 1.29 is 5.11 Å². The van der Waals surface area contributed by atoms with E-state index in [9.17, 15) is 5.11 Å². The van der Waals surface area contributed by atoms with Gasteiger partial charge in [0.25, 0.3) is 0 Å². The van der Waals surface area contributed by atoms with E-state index in [2.05, 4.69) is 47.8 Å². The molecule has 2 N–H and O–H groups in total. The zero-order valence-corrected chi connectivity index (χ0v) is 13.3. The van der Waals surface area contributed by atoms with Crippen LogP contribution in [0, 0.1) is 0 Å². The third-order valence-electron chi connectivity index (χ3n) is 4.45. The summed E-state index contributed by atoms with van der Waals surface area (Å²) in [4.78, 5) is 0. The number of hydrogen-bond donors (Lipinski definition) is 2. The lowest BCUT2D eigenvalue weighted by atomic mass is 9.85. The van der Waals surface area contributed by atoms with Crippen LogP contribution in [-0.4, -0.2) is 5.11 Å². The van der Waals surface area contributed by atoms with E-state index in [1.165, 1.54) is 16.3 Å². The van der Waals surface area contributed by atoms with Crippen LogP contribution in [0.5, 0.6) is 0 Å². The fraction of sp³-hybridized carbons (Fsp3) is 0.143. The first-order valence-electron chi connectivity index (χ1n) is 7.87. The van der Waals surface area contributed by atoms with Gasteiger partial charge in [-0.25, -0.2) is 0 Å². The van der Waals surface area contributed by atoms with Gasteiger partial charge in [-0.1, -0.05) is 48.5 Å². The van der Waals surface area contributed by atoms with Crippen LogP contribution in [-0.2, 0) is 5.60 Å². The zero-order chi connectivity index (χ0) is 16.0. The molecular formula is C21H19NO. The van der Waals surface area contributed by atoms with E-state index in [1.54, 1.807) is 0 Å². The van der Waals surface area contributed by atoms with Crippen LogP contribution in [0.1, 0.15) is 25.0 Å². The van der Waals surface area contributed by atoms with E-state index in [-0.39, 0.29) is 0 Å². The molecule has 3 aromatic rings. The molecule has 1 aliphatic heterocycles. The quantitative estimate of drug-likeness (QED) is 0.687. The van der Waals surface area contributed by atoms with Gasteiger partial charge in [0, 0.05) is 17.3 Å². The molecule has 0 saturated carbocycles. The maximum atomic E-state index is 10.5. The summed E-state index contributed by atoms with van der Waals surface area (Å²) < 4.78 is 0. The van der Waals surface area contributed by atoms with Gasteiger partial charge < -0.3 is 10.4 Å². The summed E-state index contributed by atoms with van der Waals surface area (Å²) in [5.41, 5.74) is 4.63. The lowest BCUT2D eigenvalue weighted by molar-refractivity contribution is 0.0792. The van der Waals surface area contributed by atoms with Crippen molar-refractivity contribution in [2.75, 3.05) is 5.32 Å². The monoisotopic (exact) mass is 301 g/mol. The summed E-state index contributed by atoms with van der Waals surface area (Å²) in [7, 11) is 0.